The van der Waals surface area contributed by atoms with E-state index in [1.54, 1.807) is 24.3 Å². The van der Waals surface area contributed by atoms with E-state index in [9.17, 15) is 19.2 Å². The largest absolute Gasteiger partial charge is 0.465 e. The molecule has 1 N–H and O–H groups in total. The van der Waals surface area contributed by atoms with Gasteiger partial charge in [0.2, 0.25) is 0 Å². The van der Waals surface area contributed by atoms with Crippen molar-refractivity contribution in [1.82, 2.24) is 4.57 Å². The van der Waals surface area contributed by atoms with Crippen molar-refractivity contribution in [2.75, 3.05) is 19.0 Å². The van der Waals surface area contributed by atoms with Gasteiger partial charge in [0.25, 0.3) is 11.5 Å². The van der Waals surface area contributed by atoms with Crippen molar-refractivity contribution in [3.05, 3.63) is 86.6 Å². The fourth-order valence-electron chi connectivity index (χ4n) is 5.11. The van der Waals surface area contributed by atoms with Gasteiger partial charge in [-0.25, -0.2) is 9.59 Å². The summed E-state index contributed by atoms with van der Waals surface area (Å²) in [5.41, 5.74) is 2.30. The summed E-state index contributed by atoms with van der Waals surface area (Å²) in [5, 5.41) is 4.24. The van der Waals surface area contributed by atoms with Gasteiger partial charge >= 0.3 is 11.9 Å². The fourth-order valence-corrected chi connectivity index (χ4v) is 6.41. The summed E-state index contributed by atoms with van der Waals surface area (Å²) >= 11 is 1.36. The number of nitrogens with zero attached hydrogens (tertiary/aromatic N) is 1. The lowest BCUT2D eigenvalue weighted by Crippen LogP contribution is -2.28. The molecule has 39 heavy (non-hydrogen) atoms. The van der Waals surface area contributed by atoms with Crippen molar-refractivity contribution < 1.29 is 23.9 Å². The third-order valence-electron chi connectivity index (χ3n) is 6.96. The van der Waals surface area contributed by atoms with Gasteiger partial charge < -0.3 is 19.4 Å². The van der Waals surface area contributed by atoms with Crippen LogP contribution in [0.2, 0.25) is 0 Å². The Kier molecular flexibility index (Phi) is 7.60. The van der Waals surface area contributed by atoms with Gasteiger partial charge in [0.15, 0.2) is 6.61 Å². The molecule has 0 atom stereocenters. The molecule has 1 aliphatic rings. The first kappa shape index (κ1) is 26.4. The number of anilines is 1. The molecule has 0 fully saturated rings. The van der Waals surface area contributed by atoms with Crippen LogP contribution >= 0.6 is 11.3 Å². The lowest BCUT2D eigenvalue weighted by atomic mass is 9.97. The Hall–Kier alpha value is -4.24. The van der Waals surface area contributed by atoms with Crippen LogP contribution in [0.5, 0.6) is 0 Å². The zero-order valence-electron chi connectivity index (χ0n) is 21.7. The van der Waals surface area contributed by atoms with Crippen LogP contribution in [0, 0.1) is 0 Å². The van der Waals surface area contributed by atoms with Gasteiger partial charge in [-0.15, -0.1) is 11.3 Å². The van der Waals surface area contributed by atoms with Crippen molar-refractivity contribution in [3.8, 4) is 11.1 Å². The highest BCUT2D eigenvalue weighted by atomic mass is 32.1. The average Bonchev–Trinajstić information content (AvgIpc) is 3.12. The molecule has 200 valence electrons. The number of hydrogen-bond acceptors (Lipinski definition) is 7. The van der Waals surface area contributed by atoms with Gasteiger partial charge in [-0.2, -0.15) is 0 Å². The number of carbonyl (C=O) groups excluding carboxylic acids is 3. The molecule has 1 aliphatic carbocycles. The van der Waals surface area contributed by atoms with E-state index >= 15 is 0 Å². The van der Waals surface area contributed by atoms with Crippen molar-refractivity contribution in [3.63, 3.8) is 0 Å². The molecular formula is C30H28N2O6S. The Labute approximate surface area is 229 Å². The van der Waals surface area contributed by atoms with Gasteiger partial charge in [-0.3, -0.25) is 9.59 Å². The second kappa shape index (κ2) is 11.2. The first-order valence-electron chi connectivity index (χ1n) is 12.8. The van der Waals surface area contributed by atoms with Crippen LogP contribution in [-0.2, 0) is 34.2 Å². The number of esters is 2. The van der Waals surface area contributed by atoms with E-state index in [2.05, 4.69) is 5.32 Å². The van der Waals surface area contributed by atoms with Crippen molar-refractivity contribution in [2.45, 2.75) is 32.1 Å². The Morgan fingerprint density at radius 2 is 1.62 bits per heavy atom. The minimum Gasteiger partial charge on any atom is -0.465 e. The number of aromatic nitrogens is 1. The number of hydrogen-bond donors (Lipinski definition) is 1. The number of amides is 1. The zero-order chi connectivity index (χ0) is 27.5. The van der Waals surface area contributed by atoms with Crippen LogP contribution in [0.15, 0.2) is 59.4 Å². The Balaban J connectivity index is 1.43. The Morgan fingerprint density at radius 1 is 0.923 bits per heavy atom. The number of rotatable bonds is 6. The molecule has 5 rings (SSSR count). The number of fused-ring (bicyclic) bond motifs is 2. The first-order valence-corrected chi connectivity index (χ1v) is 13.6. The number of benzene rings is 2. The molecule has 2 heterocycles. The highest BCUT2D eigenvalue weighted by molar-refractivity contribution is 7.17. The first-order chi connectivity index (χ1) is 18.9. The van der Waals surface area contributed by atoms with E-state index in [0.29, 0.717) is 26.9 Å². The molecule has 0 saturated carbocycles. The normalized spacial score (nSPS) is 12.9. The average molecular weight is 545 g/mol. The molecule has 0 spiro atoms. The second-order valence-electron chi connectivity index (χ2n) is 9.38. The van der Waals surface area contributed by atoms with Gasteiger partial charge in [0.1, 0.15) is 10.7 Å². The summed E-state index contributed by atoms with van der Waals surface area (Å²) in [4.78, 5) is 53.1. The molecule has 4 aromatic rings. The van der Waals surface area contributed by atoms with E-state index in [1.807, 2.05) is 30.3 Å². The number of pyridine rings is 1. The minimum atomic E-state index is -0.801. The van der Waals surface area contributed by atoms with Gasteiger partial charge in [-0.1, -0.05) is 55.0 Å². The SMILES string of the molecule is COC(=O)c1c(NC(=O)COC(=O)c2c(-c3ccccc3)c3ccccc3c(=O)n2C)sc2c1CCCCC2. The summed E-state index contributed by atoms with van der Waals surface area (Å²) in [7, 11) is 2.83. The number of carbonyl (C=O) groups is 3. The molecule has 0 saturated heterocycles. The number of methoxy groups -OCH3 is 1. The fraction of sp³-hybridized carbons (Fsp3) is 0.267. The Morgan fingerprint density at radius 3 is 2.36 bits per heavy atom. The van der Waals surface area contributed by atoms with Crippen LogP contribution in [0.4, 0.5) is 5.00 Å². The summed E-state index contributed by atoms with van der Waals surface area (Å²) in [5.74, 6) is -1.89. The zero-order valence-corrected chi connectivity index (χ0v) is 22.6. The maximum Gasteiger partial charge on any atom is 0.356 e. The van der Waals surface area contributed by atoms with Crippen LogP contribution in [-0.4, -0.2) is 36.1 Å². The van der Waals surface area contributed by atoms with Gasteiger partial charge in [0, 0.05) is 22.9 Å². The van der Waals surface area contributed by atoms with Crippen LogP contribution < -0.4 is 10.9 Å². The van der Waals surface area contributed by atoms with E-state index in [1.165, 1.54) is 30.1 Å². The summed E-state index contributed by atoms with van der Waals surface area (Å²) in [6.07, 6.45) is 4.66. The summed E-state index contributed by atoms with van der Waals surface area (Å²) in [6, 6.07) is 16.3. The predicted molar refractivity (Wildman–Crippen MR) is 150 cm³/mol. The molecule has 9 heteroatoms. The lowest BCUT2D eigenvalue weighted by Gasteiger charge is -2.16. The minimum absolute atomic E-state index is 0.0517. The summed E-state index contributed by atoms with van der Waals surface area (Å²) < 4.78 is 11.7. The summed E-state index contributed by atoms with van der Waals surface area (Å²) in [6.45, 7) is -0.586. The second-order valence-corrected chi connectivity index (χ2v) is 10.5. The number of ether oxygens (including phenoxy) is 2. The quantitative estimate of drug-likeness (QED) is 0.267. The van der Waals surface area contributed by atoms with E-state index in [0.717, 1.165) is 48.1 Å². The molecule has 0 unspecified atom stereocenters. The third-order valence-corrected chi connectivity index (χ3v) is 8.16. The highest BCUT2D eigenvalue weighted by Gasteiger charge is 2.27. The topological polar surface area (TPSA) is 104 Å². The molecule has 0 bridgehead atoms. The lowest BCUT2D eigenvalue weighted by molar-refractivity contribution is -0.119. The maximum absolute atomic E-state index is 13.4. The third kappa shape index (κ3) is 5.09. The molecule has 0 radical (unpaired) electrons. The predicted octanol–water partition coefficient (Wildman–Crippen LogP) is 5.12. The van der Waals surface area contributed by atoms with Gasteiger partial charge in [0.05, 0.1) is 12.7 Å². The van der Waals surface area contributed by atoms with Crippen molar-refractivity contribution in [2.24, 2.45) is 7.05 Å². The molecule has 1 amide bonds. The number of thiophene rings is 1. The van der Waals surface area contributed by atoms with Crippen LogP contribution in [0.3, 0.4) is 0 Å². The maximum atomic E-state index is 13.4. The smallest absolute Gasteiger partial charge is 0.356 e. The monoisotopic (exact) mass is 544 g/mol. The number of aryl methyl sites for hydroxylation is 1. The molecule has 0 aliphatic heterocycles. The molecular weight excluding hydrogens is 516 g/mol. The Bertz CT molecular complexity index is 1640. The van der Waals surface area contributed by atoms with E-state index in [4.69, 9.17) is 9.47 Å². The van der Waals surface area contributed by atoms with Gasteiger partial charge in [-0.05, 0) is 48.3 Å². The number of nitrogens with one attached hydrogen (secondary N) is 1. The molecule has 2 aromatic carbocycles. The molecule has 2 aromatic heterocycles. The standard InChI is InChI=1S/C30H28N2O6S/c1-32-26(24(18-11-5-3-6-12-18)19-13-9-10-14-20(19)28(32)34)30(36)38-17-23(33)31-27-25(29(35)37-2)21-15-7-4-8-16-22(21)39-27/h3,5-6,9-14H,4,7-8,15-17H2,1-2H3,(H,31,33). The van der Waals surface area contributed by atoms with Crippen LogP contribution in [0.25, 0.3) is 21.9 Å². The van der Waals surface area contributed by atoms with Crippen molar-refractivity contribution >= 4 is 45.0 Å². The molecule has 8 nitrogen and oxygen atoms in total. The van der Waals surface area contributed by atoms with Crippen molar-refractivity contribution in [1.29, 1.82) is 0 Å². The van der Waals surface area contributed by atoms with E-state index in [-0.39, 0.29) is 11.3 Å². The van der Waals surface area contributed by atoms with Crippen LogP contribution in [0.1, 0.15) is 50.5 Å². The van der Waals surface area contributed by atoms with E-state index < -0.39 is 24.5 Å². The highest BCUT2D eigenvalue weighted by Crippen LogP contribution is 2.38.